The summed E-state index contributed by atoms with van der Waals surface area (Å²) in [6, 6.07) is 3.62. The molecule has 0 radical (unpaired) electrons. The first kappa shape index (κ1) is 9.49. The second-order valence-corrected chi connectivity index (χ2v) is 3.84. The minimum atomic E-state index is -0.133. The summed E-state index contributed by atoms with van der Waals surface area (Å²) in [6.45, 7) is -0.133. The number of fused-ring (bicyclic) bond motifs is 1. The molecule has 1 unspecified atom stereocenters. The molecule has 0 fully saturated rings. The van der Waals surface area contributed by atoms with Gasteiger partial charge in [-0.2, -0.15) is 0 Å². The van der Waals surface area contributed by atoms with Crippen molar-refractivity contribution in [2.24, 2.45) is 5.73 Å². The standard InChI is InChI=1S/C11H15NO2/c12-10-3-1-2-7-5-11(14)8(6-13)4-9(7)10/h4-5,10,13-14H,1-3,6,12H2. The predicted molar refractivity (Wildman–Crippen MR) is 53.9 cm³/mol. The monoisotopic (exact) mass is 193 g/mol. The maximum absolute atomic E-state index is 9.55. The van der Waals surface area contributed by atoms with E-state index in [1.165, 1.54) is 0 Å². The van der Waals surface area contributed by atoms with Crippen LogP contribution in [-0.2, 0) is 13.0 Å². The lowest BCUT2D eigenvalue weighted by Crippen LogP contribution is -2.17. The molecule has 1 aliphatic carbocycles. The molecule has 76 valence electrons. The highest BCUT2D eigenvalue weighted by molar-refractivity contribution is 5.44. The van der Waals surface area contributed by atoms with Gasteiger partial charge in [-0.25, -0.2) is 0 Å². The van der Waals surface area contributed by atoms with Crippen molar-refractivity contribution in [1.29, 1.82) is 0 Å². The molecule has 14 heavy (non-hydrogen) atoms. The van der Waals surface area contributed by atoms with Gasteiger partial charge in [-0.1, -0.05) is 0 Å². The van der Waals surface area contributed by atoms with Crippen LogP contribution in [0.1, 0.15) is 35.6 Å². The number of aliphatic hydroxyl groups is 1. The smallest absolute Gasteiger partial charge is 0.121 e. The Bertz CT molecular complexity index is 349. The molecule has 0 heterocycles. The van der Waals surface area contributed by atoms with Crippen molar-refractivity contribution >= 4 is 0 Å². The third kappa shape index (κ3) is 1.49. The zero-order valence-corrected chi connectivity index (χ0v) is 8.03. The van der Waals surface area contributed by atoms with Crippen molar-refractivity contribution in [2.45, 2.75) is 31.9 Å². The van der Waals surface area contributed by atoms with E-state index in [9.17, 15) is 5.11 Å². The molecule has 0 aliphatic heterocycles. The second-order valence-electron chi connectivity index (χ2n) is 3.84. The Kier molecular flexibility index (Phi) is 2.44. The Morgan fingerprint density at radius 1 is 1.43 bits per heavy atom. The highest BCUT2D eigenvalue weighted by Crippen LogP contribution is 2.32. The number of aliphatic hydroxyl groups excluding tert-OH is 1. The van der Waals surface area contributed by atoms with Gasteiger partial charge in [0.05, 0.1) is 6.61 Å². The Morgan fingerprint density at radius 2 is 2.21 bits per heavy atom. The van der Waals surface area contributed by atoms with Gasteiger partial charge in [0.15, 0.2) is 0 Å². The predicted octanol–water partition coefficient (Wildman–Crippen LogP) is 1.22. The van der Waals surface area contributed by atoms with E-state index < -0.39 is 0 Å². The van der Waals surface area contributed by atoms with Gasteiger partial charge in [0, 0.05) is 11.6 Å². The summed E-state index contributed by atoms with van der Waals surface area (Å²) in [5.41, 5.74) is 8.73. The van der Waals surface area contributed by atoms with E-state index in [0.717, 1.165) is 30.4 Å². The molecular weight excluding hydrogens is 178 g/mol. The normalized spacial score (nSPS) is 20.6. The molecule has 0 bridgehead atoms. The molecule has 0 amide bonds. The minimum absolute atomic E-state index is 0.0599. The molecule has 1 atom stereocenters. The van der Waals surface area contributed by atoms with Crippen molar-refractivity contribution in [3.05, 3.63) is 28.8 Å². The number of phenols is 1. The highest BCUT2D eigenvalue weighted by Gasteiger charge is 2.18. The third-order valence-corrected chi connectivity index (χ3v) is 2.87. The number of hydrogen-bond donors (Lipinski definition) is 3. The summed E-state index contributed by atoms with van der Waals surface area (Å²) >= 11 is 0. The summed E-state index contributed by atoms with van der Waals surface area (Å²) in [6.07, 6.45) is 3.04. The zero-order chi connectivity index (χ0) is 10.1. The SMILES string of the molecule is NC1CCCc2cc(O)c(CO)cc21. The molecule has 0 saturated heterocycles. The van der Waals surface area contributed by atoms with Crippen LogP contribution >= 0.6 is 0 Å². The number of aryl methyl sites for hydroxylation is 1. The van der Waals surface area contributed by atoms with E-state index in [1.807, 2.05) is 6.07 Å². The van der Waals surface area contributed by atoms with Crippen LogP contribution in [0.4, 0.5) is 0 Å². The summed E-state index contributed by atoms with van der Waals surface area (Å²) in [7, 11) is 0. The van der Waals surface area contributed by atoms with Gasteiger partial charge in [0.1, 0.15) is 5.75 Å². The Hall–Kier alpha value is -1.06. The van der Waals surface area contributed by atoms with Crippen molar-refractivity contribution in [3.8, 4) is 5.75 Å². The van der Waals surface area contributed by atoms with Crippen LogP contribution in [0.25, 0.3) is 0 Å². The summed E-state index contributed by atoms with van der Waals surface area (Å²) in [4.78, 5) is 0. The molecule has 4 N–H and O–H groups in total. The summed E-state index contributed by atoms with van der Waals surface area (Å²) in [5, 5.41) is 18.6. The van der Waals surface area contributed by atoms with E-state index in [-0.39, 0.29) is 18.4 Å². The molecule has 1 aromatic carbocycles. The van der Waals surface area contributed by atoms with Gasteiger partial charge in [-0.3, -0.25) is 0 Å². The number of hydrogen-bond acceptors (Lipinski definition) is 3. The first-order valence-electron chi connectivity index (χ1n) is 4.93. The third-order valence-electron chi connectivity index (χ3n) is 2.87. The molecule has 1 aliphatic rings. The fourth-order valence-corrected chi connectivity index (χ4v) is 2.05. The number of benzene rings is 1. The van der Waals surface area contributed by atoms with Crippen LogP contribution < -0.4 is 5.73 Å². The molecule has 3 nitrogen and oxygen atoms in total. The topological polar surface area (TPSA) is 66.5 Å². The number of nitrogens with two attached hydrogens (primary N) is 1. The Morgan fingerprint density at radius 3 is 2.93 bits per heavy atom. The largest absolute Gasteiger partial charge is 0.508 e. The molecule has 0 aromatic heterocycles. The van der Waals surface area contributed by atoms with Gasteiger partial charge in [-0.15, -0.1) is 0 Å². The summed E-state index contributed by atoms with van der Waals surface area (Å²) < 4.78 is 0. The van der Waals surface area contributed by atoms with E-state index in [0.29, 0.717) is 5.56 Å². The first-order chi connectivity index (χ1) is 6.72. The number of rotatable bonds is 1. The van der Waals surface area contributed by atoms with E-state index >= 15 is 0 Å². The molecular formula is C11H15NO2. The lowest BCUT2D eigenvalue weighted by Gasteiger charge is -2.23. The maximum Gasteiger partial charge on any atom is 0.121 e. The van der Waals surface area contributed by atoms with E-state index in [4.69, 9.17) is 10.8 Å². The zero-order valence-electron chi connectivity index (χ0n) is 8.03. The fraction of sp³-hybridized carbons (Fsp3) is 0.455. The maximum atomic E-state index is 9.55. The quantitative estimate of drug-likeness (QED) is 0.628. The van der Waals surface area contributed by atoms with Crippen LogP contribution in [0.2, 0.25) is 0 Å². The fourth-order valence-electron chi connectivity index (χ4n) is 2.05. The van der Waals surface area contributed by atoms with Crippen LogP contribution in [-0.4, -0.2) is 10.2 Å². The molecule has 0 spiro atoms. The Balaban J connectivity index is 2.49. The van der Waals surface area contributed by atoms with Gasteiger partial charge >= 0.3 is 0 Å². The minimum Gasteiger partial charge on any atom is -0.508 e. The Labute approximate surface area is 83.2 Å². The van der Waals surface area contributed by atoms with Crippen molar-refractivity contribution in [1.82, 2.24) is 0 Å². The van der Waals surface area contributed by atoms with Gasteiger partial charge in [0.25, 0.3) is 0 Å². The van der Waals surface area contributed by atoms with E-state index in [1.54, 1.807) is 6.07 Å². The van der Waals surface area contributed by atoms with Crippen molar-refractivity contribution in [2.75, 3.05) is 0 Å². The molecule has 1 aromatic rings. The average Bonchev–Trinajstić information content (AvgIpc) is 2.17. The van der Waals surface area contributed by atoms with Crippen LogP contribution in [0.5, 0.6) is 5.75 Å². The molecule has 2 rings (SSSR count). The van der Waals surface area contributed by atoms with Gasteiger partial charge < -0.3 is 15.9 Å². The van der Waals surface area contributed by atoms with Crippen molar-refractivity contribution < 1.29 is 10.2 Å². The lowest BCUT2D eigenvalue weighted by atomic mass is 9.87. The van der Waals surface area contributed by atoms with Crippen LogP contribution in [0.15, 0.2) is 12.1 Å². The second kappa shape index (κ2) is 3.59. The van der Waals surface area contributed by atoms with E-state index in [2.05, 4.69) is 0 Å². The van der Waals surface area contributed by atoms with Gasteiger partial charge in [-0.05, 0) is 42.5 Å². The number of aromatic hydroxyl groups is 1. The molecule has 0 saturated carbocycles. The first-order valence-corrected chi connectivity index (χ1v) is 4.93. The molecule has 3 heteroatoms. The van der Waals surface area contributed by atoms with Crippen LogP contribution in [0.3, 0.4) is 0 Å². The van der Waals surface area contributed by atoms with Crippen molar-refractivity contribution in [3.63, 3.8) is 0 Å². The van der Waals surface area contributed by atoms with Gasteiger partial charge in [0.2, 0.25) is 0 Å². The van der Waals surface area contributed by atoms with Crippen LogP contribution in [0, 0.1) is 0 Å². The average molecular weight is 193 g/mol. The highest BCUT2D eigenvalue weighted by atomic mass is 16.3. The summed E-state index contributed by atoms with van der Waals surface area (Å²) in [5.74, 6) is 0.181. The lowest BCUT2D eigenvalue weighted by molar-refractivity contribution is 0.275.